The lowest BCUT2D eigenvalue weighted by Gasteiger charge is -2.22. The van der Waals surface area contributed by atoms with Gasteiger partial charge in [-0.2, -0.15) is 0 Å². The molecule has 0 fully saturated rings. The SMILES string of the molecule is CC(C)C(C)C(Cl)c1ccc2c(c1)C(=O)NCCC2. The van der Waals surface area contributed by atoms with Crippen molar-refractivity contribution in [3.8, 4) is 0 Å². The summed E-state index contributed by atoms with van der Waals surface area (Å²) in [5, 5.41) is 2.90. The molecule has 2 atom stereocenters. The third-order valence-corrected chi connectivity index (χ3v) is 4.77. The highest BCUT2D eigenvalue weighted by atomic mass is 35.5. The molecule has 0 saturated carbocycles. The lowest BCUT2D eigenvalue weighted by atomic mass is 9.89. The van der Waals surface area contributed by atoms with E-state index in [0.717, 1.165) is 36.1 Å². The summed E-state index contributed by atoms with van der Waals surface area (Å²) in [6, 6.07) is 6.12. The predicted octanol–water partition coefficient (Wildman–Crippen LogP) is 3.93. The van der Waals surface area contributed by atoms with Crippen LogP contribution in [-0.4, -0.2) is 12.5 Å². The van der Waals surface area contributed by atoms with Gasteiger partial charge in [-0.05, 0) is 41.9 Å². The molecule has 19 heavy (non-hydrogen) atoms. The van der Waals surface area contributed by atoms with Crippen molar-refractivity contribution < 1.29 is 4.79 Å². The highest BCUT2D eigenvalue weighted by molar-refractivity contribution is 6.21. The number of benzene rings is 1. The van der Waals surface area contributed by atoms with E-state index in [2.05, 4.69) is 38.2 Å². The van der Waals surface area contributed by atoms with Crippen LogP contribution in [0.1, 0.15) is 54.1 Å². The molecule has 1 aliphatic heterocycles. The molecule has 0 spiro atoms. The zero-order chi connectivity index (χ0) is 14.0. The lowest BCUT2D eigenvalue weighted by molar-refractivity contribution is 0.0956. The average Bonchev–Trinajstić information content (AvgIpc) is 2.58. The zero-order valence-corrected chi connectivity index (χ0v) is 12.6. The number of hydrogen-bond acceptors (Lipinski definition) is 1. The Morgan fingerprint density at radius 2 is 2.00 bits per heavy atom. The molecule has 104 valence electrons. The minimum atomic E-state index is -0.0404. The third-order valence-electron chi connectivity index (χ3n) is 4.12. The van der Waals surface area contributed by atoms with Gasteiger partial charge in [0.2, 0.25) is 0 Å². The van der Waals surface area contributed by atoms with E-state index in [9.17, 15) is 4.79 Å². The molecule has 1 aliphatic rings. The molecule has 1 heterocycles. The second kappa shape index (κ2) is 5.96. The largest absolute Gasteiger partial charge is 0.352 e. The second-order valence-corrected chi connectivity index (χ2v) is 6.25. The Bertz CT molecular complexity index is 470. The van der Waals surface area contributed by atoms with Gasteiger partial charge in [0.1, 0.15) is 0 Å². The van der Waals surface area contributed by atoms with E-state index in [4.69, 9.17) is 11.6 Å². The van der Waals surface area contributed by atoms with Gasteiger partial charge in [-0.25, -0.2) is 0 Å². The second-order valence-electron chi connectivity index (χ2n) is 5.78. The Morgan fingerprint density at radius 3 is 2.68 bits per heavy atom. The number of halogens is 1. The highest BCUT2D eigenvalue weighted by Gasteiger charge is 2.22. The summed E-state index contributed by atoms with van der Waals surface area (Å²) < 4.78 is 0. The van der Waals surface area contributed by atoms with Gasteiger partial charge < -0.3 is 5.32 Å². The molecule has 2 unspecified atom stereocenters. The maximum atomic E-state index is 12.0. The molecular formula is C16H22ClNO. The first-order valence-electron chi connectivity index (χ1n) is 7.05. The number of nitrogens with one attached hydrogen (secondary N) is 1. The molecule has 0 saturated heterocycles. The number of amides is 1. The van der Waals surface area contributed by atoms with E-state index < -0.39 is 0 Å². The van der Waals surface area contributed by atoms with Crippen LogP contribution in [0.2, 0.25) is 0 Å². The van der Waals surface area contributed by atoms with E-state index in [1.54, 1.807) is 0 Å². The van der Waals surface area contributed by atoms with Gasteiger partial charge in [0.25, 0.3) is 5.91 Å². The van der Waals surface area contributed by atoms with Gasteiger partial charge in [-0.1, -0.05) is 32.9 Å². The van der Waals surface area contributed by atoms with Gasteiger partial charge in [0.15, 0.2) is 0 Å². The summed E-state index contributed by atoms with van der Waals surface area (Å²) in [7, 11) is 0. The Hall–Kier alpha value is -1.02. The number of carbonyl (C=O) groups is 1. The van der Waals surface area contributed by atoms with E-state index in [0.29, 0.717) is 11.8 Å². The Morgan fingerprint density at radius 1 is 1.26 bits per heavy atom. The zero-order valence-electron chi connectivity index (χ0n) is 11.9. The Kier molecular flexibility index (Phi) is 4.51. The summed E-state index contributed by atoms with van der Waals surface area (Å²) in [5.41, 5.74) is 3.00. The van der Waals surface area contributed by atoms with Crippen molar-refractivity contribution in [1.82, 2.24) is 5.32 Å². The fraction of sp³-hybridized carbons (Fsp3) is 0.562. The number of rotatable bonds is 3. The van der Waals surface area contributed by atoms with Gasteiger partial charge in [-0.3, -0.25) is 4.79 Å². The molecule has 2 nitrogen and oxygen atoms in total. The molecule has 0 radical (unpaired) electrons. The number of fused-ring (bicyclic) bond motifs is 1. The smallest absolute Gasteiger partial charge is 0.251 e. The molecule has 3 heteroatoms. The minimum Gasteiger partial charge on any atom is -0.352 e. The number of alkyl halides is 1. The van der Waals surface area contributed by atoms with E-state index in [1.165, 1.54) is 0 Å². The molecular weight excluding hydrogens is 258 g/mol. The molecule has 0 bridgehead atoms. The predicted molar refractivity (Wildman–Crippen MR) is 79.7 cm³/mol. The van der Waals surface area contributed by atoms with Crippen molar-refractivity contribution in [3.05, 3.63) is 34.9 Å². The van der Waals surface area contributed by atoms with Crippen molar-refractivity contribution >= 4 is 17.5 Å². The normalized spacial score (nSPS) is 18.5. The standard InChI is InChI=1S/C16H22ClNO/c1-10(2)11(3)15(17)13-7-6-12-5-4-8-18-16(19)14(12)9-13/h6-7,9-11,15H,4-5,8H2,1-3H3,(H,18,19). The molecule has 2 rings (SSSR count). The average molecular weight is 280 g/mol. The van der Waals surface area contributed by atoms with Crippen LogP contribution in [0.4, 0.5) is 0 Å². The van der Waals surface area contributed by atoms with Crippen LogP contribution >= 0.6 is 11.6 Å². The topological polar surface area (TPSA) is 29.1 Å². The van der Waals surface area contributed by atoms with Crippen LogP contribution in [0, 0.1) is 11.8 Å². The Balaban J connectivity index is 2.32. The molecule has 0 aliphatic carbocycles. The first kappa shape index (κ1) is 14.4. The van der Waals surface area contributed by atoms with Gasteiger partial charge in [0, 0.05) is 12.1 Å². The first-order valence-corrected chi connectivity index (χ1v) is 7.49. The number of aryl methyl sites for hydroxylation is 1. The fourth-order valence-corrected chi connectivity index (χ4v) is 2.84. The highest BCUT2D eigenvalue weighted by Crippen LogP contribution is 2.34. The maximum Gasteiger partial charge on any atom is 0.251 e. The molecule has 0 aromatic heterocycles. The Labute approximate surface area is 120 Å². The fourth-order valence-electron chi connectivity index (χ4n) is 2.41. The van der Waals surface area contributed by atoms with E-state index in [-0.39, 0.29) is 11.3 Å². The van der Waals surface area contributed by atoms with Crippen molar-refractivity contribution in [2.24, 2.45) is 11.8 Å². The van der Waals surface area contributed by atoms with E-state index in [1.807, 2.05) is 6.07 Å². The van der Waals surface area contributed by atoms with Crippen molar-refractivity contribution in [1.29, 1.82) is 0 Å². The van der Waals surface area contributed by atoms with Crippen LogP contribution in [0.5, 0.6) is 0 Å². The van der Waals surface area contributed by atoms with Crippen LogP contribution in [0.25, 0.3) is 0 Å². The van der Waals surface area contributed by atoms with Crippen molar-refractivity contribution in [3.63, 3.8) is 0 Å². The molecule has 1 amide bonds. The van der Waals surface area contributed by atoms with Crippen LogP contribution in [-0.2, 0) is 6.42 Å². The third kappa shape index (κ3) is 3.11. The lowest BCUT2D eigenvalue weighted by Crippen LogP contribution is -2.23. The van der Waals surface area contributed by atoms with Crippen LogP contribution < -0.4 is 5.32 Å². The van der Waals surface area contributed by atoms with Crippen molar-refractivity contribution in [2.45, 2.75) is 39.0 Å². The quantitative estimate of drug-likeness (QED) is 0.835. The first-order chi connectivity index (χ1) is 9.00. The number of carbonyl (C=O) groups excluding carboxylic acids is 1. The van der Waals surface area contributed by atoms with Gasteiger partial charge in [-0.15, -0.1) is 11.6 Å². The molecule has 1 aromatic rings. The van der Waals surface area contributed by atoms with Crippen LogP contribution in [0.3, 0.4) is 0 Å². The summed E-state index contributed by atoms with van der Waals surface area (Å²) in [6.45, 7) is 7.27. The summed E-state index contributed by atoms with van der Waals surface area (Å²) in [6.07, 6.45) is 1.96. The molecule has 1 aromatic carbocycles. The van der Waals surface area contributed by atoms with Crippen LogP contribution in [0.15, 0.2) is 18.2 Å². The molecule has 1 N–H and O–H groups in total. The number of hydrogen-bond donors (Lipinski definition) is 1. The maximum absolute atomic E-state index is 12.0. The van der Waals surface area contributed by atoms with Gasteiger partial charge in [0.05, 0.1) is 5.38 Å². The van der Waals surface area contributed by atoms with Gasteiger partial charge >= 0.3 is 0 Å². The summed E-state index contributed by atoms with van der Waals surface area (Å²) in [4.78, 5) is 12.0. The summed E-state index contributed by atoms with van der Waals surface area (Å²) in [5.74, 6) is 0.944. The van der Waals surface area contributed by atoms with E-state index >= 15 is 0 Å². The monoisotopic (exact) mass is 279 g/mol. The van der Waals surface area contributed by atoms with Crippen molar-refractivity contribution in [2.75, 3.05) is 6.54 Å². The minimum absolute atomic E-state index is 0.0374. The summed E-state index contributed by atoms with van der Waals surface area (Å²) >= 11 is 6.55.